The third-order valence-corrected chi connectivity index (χ3v) is 3.29. The maximum absolute atomic E-state index is 8.85. The van der Waals surface area contributed by atoms with Crippen LogP contribution < -0.4 is 15.5 Å². The van der Waals surface area contributed by atoms with E-state index in [-0.39, 0.29) is 11.7 Å². The van der Waals surface area contributed by atoms with Crippen LogP contribution in [0.15, 0.2) is 5.16 Å². The molecule has 1 aromatic rings. The van der Waals surface area contributed by atoms with Crippen molar-refractivity contribution in [1.82, 2.24) is 15.0 Å². The Kier molecular flexibility index (Phi) is 5.09. The van der Waals surface area contributed by atoms with Gasteiger partial charge in [-0.25, -0.2) is 0 Å². The molecule has 0 bridgehead atoms. The summed E-state index contributed by atoms with van der Waals surface area (Å²) in [4.78, 5) is 17.0. The van der Waals surface area contributed by atoms with Crippen molar-refractivity contribution >= 4 is 17.7 Å². The van der Waals surface area contributed by atoms with Crippen molar-refractivity contribution in [2.45, 2.75) is 13.8 Å². The second-order valence-corrected chi connectivity index (χ2v) is 4.52. The van der Waals surface area contributed by atoms with E-state index in [4.69, 9.17) is 15.7 Å². The summed E-state index contributed by atoms with van der Waals surface area (Å²) in [5.41, 5.74) is 5.63. The molecule has 2 rings (SSSR count). The number of rotatable bonds is 5. The van der Waals surface area contributed by atoms with Crippen molar-refractivity contribution in [2.75, 3.05) is 49.2 Å². The third kappa shape index (κ3) is 3.48. The van der Waals surface area contributed by atoms with Gasteiger partial charge in [0.25, 0.3) is 0 Å². The van der Waals surface area contributed by atoms with Gasteiger partial charge in [-0.05, 0) is 13.8 Å². The highest BCUT2D eigenvalue weighted by atomic mass is 16.5. The van der Waals surface area contributed by atoms with Gasteiger partial charge in [-0.3, -0.25) is 0 Å². The zero-order valence-corrected chi connectivity index (χ0v) is 12.4. The van der Waals surface area contributed by atoms with Crippen LogP contribution in [0.25, 0.3) is 0 Å². The predicted octanol–water partition coefficient (Wildman–Crippen LogP) is -0.351. The first kappa shape index (κ1) is 15.2. The van der Waals surface area contributed by atoms with Crippen LogP contribution in [0.1, 0.15) is 19.7 Å². The van der Waals surface area contributed by atoms with Gasteiger partial charge in [-0.2, -0.15) is 15.0 Å². The smallest absolute Gasteiger partial charge is 0.230 e. The lowest BCUT2D eigenvalue weighted by molar-refractivity contribution is 0.122. The van der Waals surface area contributed by atoms with Gasteiger partial charge in [0.2, 0.25) is 23.6 Å². The molecule has 116 valence electrons. The Labute approximate surface area is 123 Å². The van der Waals surface area contributed by atoms with Gasteiger partial charge in [-0.15, -0.1) is 0 Å². The first-order valence-electron chi connectivity index (χ1n) is 7.01. The molecule has 0 saturated carbocycles. The van der Waals surface area contributed by atoms with E-state index in [9.17, 15) is 0 Å². The van der Waals surface area contributed by atoms with Crippen LogP contribution in [0.3, 0.4) is 0 Å². The highest BCUT2D eigenvalue weighted by Gasteiger charge is 2.19. The molecular weight excluding hydrogens is 274 g/mol. The average molecular weight is 295 g/mol. The molecule has 1 saturated heterocycles. The summed E-state index contributed by atoms with van der Waals surface area (Å²) < 4.78 is 5.33. The van der Waals surface area contributed by atoms with Crippen molar-refractivity contribution in [3.63, 3.8) is 0 Å². The molecule has 0 radical (unpaired) electrons. The van der Waals surface area contributed by atoms with E-state index in [1.54, 1.807) is 0 Å². The third-order valence-electron chi connectivity index (χ3n) is 3.29. The summed E-state index contributed by atoms with van der Waals surface area (Å²) in [7, 11) is 0. The minimum absolute atomic E-state index is 0.125. The number of aromatic nitrogens is 3. The molecule has 2 heterocycles. The number of oxime groups is 1. The molecular formula is C12H21N7O2. The van der Waals surface area contributed by atoms with E-state index < -0.39 is 0 Å². The number of hydrogen-bond acceptors (Lipinski definition) is 8. The van der Waals surface area contributed by atoms with Crippen molar-refractivity contribution in [1.29, 1.82) is 0 Å². The van der Waals surface area contributed by atoms with Crippen LogP contribution in [0.5, 0.6) is 0 Å². The van der Waals surface area contributed by atoms with E-state index in [1.807, 2.05) is 23.6 Å². The topological polar surface area (TPSA) is 113 Å². The molecule has 0 atom stereocenters. The summed E-state index contributed by atoms with van der Waals surface area (Å²) in [5.74, 6) is 1.10. The molecule has 0 aliphatic carbocycles. The fourth-order valence-corrected chi connectivity index (χ4v) is 2.07. The quantitative estimate of drug-likeness (QED) is 0.328. The lowest BCUT2D eigenvalue weighted by atomic mass is 10.4. The van der Waals surface area contributed by atoms with Gasteiger partial charge in [0.1, 0.15) is 0 Å². The molecule has 1 aliphatic rings. The van der Waals surface area contributed by atoms with Crippen molar-refractivity contribution in [3.8, 4) is 0 Å². The van der Waals surface area contributed by atoms with Gasteiger partial charge < -0.3 is 25.5 Å². The number of amidine groups is 1. The molecule has 0 spiro atoms. The van der Waals surface area contributed by atoms with Gasteiger partial charge in [0.05, 0.1) is 13.2 Å². The van der Waals surface area contributed by atoms with Crippen LogP contribution in [-0.2, 0) is 4.74 Å². The Balaban J connectivity index is 2.40. The van der Waals surface area contributed by atoms with Crippen LogP contribution in [-0.4, -0.2) is 65.4 Å². The molecule has 0 unspecified atom stereocenters. The fourth-order valence-electron chi connectivity index (χ4n) is 2.07. The SMILES string of the molecule is CCN(CC)c1nc(/C(N)=N/O)nc(N2CCOCC2)n1. The molecule has 9 nitrogen and oxygen atoms in total. The number of hydrogen-bond donors (Lipinski definition) is 2. The van der Waals surface area contributed by atoms with E-state index >= 15 is 0 Å². The van der Waals surface area contributed by atoms with Gasteiger partial charge in [0.15, 0.2) is 0 Å². The molecule has 21 heavy (non-hydrogen) atoms. The molecule has 9 heteroatoms. The summed E-state index contributed by atoms with van der Waals surface area (Å²) >= 11 is 0. The second-order valence-electron chi connectivity index (χ2n) is 4.52. The van der Waals surface area contributed by atoms with E-state index in [2.05, 4.69) is 20.1 Å². The zero-order chi connectivity index (χ0) is 15.2. The molecule has 0 amide bonds. The maximum Gasteiger partial charge on any atom is 0.230 e. The number of ether oxygens (including phenoxy) is 1. The van der Waals surface area contributed by atoms with Gasteiger partial charge in [-0.1, -0.05) is 5.16 Å². The van der Waals surface area contributed by atoms with E-state index in [0.29, 0.717) is 38.2 Å². The average Bonchev–Trinajstić information content (AvgIpc) is 2.56. The number of nitrogens with two attached hydrogens (primary N) is 1. The lowest BCUT2D eigenvalue weighted by Crippen LogP contribution is -2.38. The monoisotopic (exact) mass is 295 g/mol. The molecule has 1 fully saturated rings. The highest BCUT2D eigenvalue weighted by molar-refractivity contribution is 5.93. The van der Waals surface area contributed by atoms with Crippen LogP contribution >= 0.6 is 0 Å². The fraction of sp³-hybridized carbons (Fsp3) is 0.667. The predicted molar refractivity (Wildman–Crippen MR) is 78.9 cm³/mol. The summed E-state index contributed by atoms with van der Waals surface area (Å²) in [5, 5.41) is 11.8. The molecule has 3 N–H and O–H groups in total. The second kappa shape index (κ2) is 7.02. The summed E-state index contributed by atoms with van der Waals surface area (Å²) in [6.45, 7) is 8.23. The summed E-state index contributed by atoms with van der Waals surface area (Å²) in [6.07, 6.45) is 0. The van der Waals surface area contributed by atoms with Crippen molar-refractivity contribution in [2.24, 2.45) is 10.9 Å². The number of anilines is 2. The molecule has 1 aromatic heterocycles. The standard InChI is InChI=1S/C12H21N7O2/c1-3-18(4-2)11-14-10(9(13)17-20)15-12(16-11)19-5-7-21-8-6-19/h20H,3-8H2,1-2H3,(H2,13,17). The Morgan fingerprint density at radius 1 is 1.29 bits per heavy atom. The Bertz CT molecular complexity index is 498. The summed E-state index contributed by atoms with van der Waals surface area (Å²) in [6, 6.07) is 0. The van der Waals surface area contributed by atoms with Crippen molar-refractivity contribution < 1.29 is 9.94 Å². The lowest BCUT2D eigenvalue weighted by Gasteiger charge is -2.28. The highest BCUT2D eigenvalue weighted by Crippen LogP contribution is 2.15. The number of morpholine rings is 1. The largest absolute Gasteiger partial charge is 0.409 e. The normalized spacial score (nSPS) is 16.1. The Morgan fingerprint density at radius 3 is 2.52 bits per heavy atom. The van der Waals surface area contributed by atoms with Gasteiger partial charge in [0, 0.05) is 26.2 Å². The Morgan fingerprint density at radius 2 is 1.95 bits per heavy atom. The van der Waals surface area contributed by atoms with Gasteiger partial charge >= 0.3 is 0 Å². The molecule has 1 aliphatic heterocycles. The first-order chi connectivity index (χ1) is 10.2. The zero-order valence-electron chi connectivity index (χ0n) is 12.4. The van der Waals surface area contributed by atoms with Crippen LogP contribution in [0.4, 0.5) is 11.9 Å². The van der Waals surface area contributed by atoms with Crippen LogP contribution in [0.2, 0.25) is 0 Å². The van der Waals surface area contributed by atoms with E-state index in [1.165, 1.54) is 0 Å². The van der Waals surface area contributed by atoms with Crippen LogP contribution in [0, 0.1) is 0 Å². The first-order valence-corrected chi connectivity index (χ1v) is 7.01. The minimum Gasteiger partial charge on any atom is -0.409 e. The minimum atomic E-state index is -0.125. The molecule has 0 aromatic carbocycles. The van der Waals surface area contributed by atoms with Crippen molar-refractivity contribution in [3.05, 3.63) is 5.82 Å². The maximum atomic E-state index is 8.85. The number of nitrogens with zero attached hydrogens (tertiary/aromatic N) is 6. The van der Waals surface area contributed by atoms with E-state index in [0.717, 1.165) is 13.1 Å². The Hall–Kier alpha value is -2.16.